The molecule has 122 valence electrons. The summed E-state index contributed by atoms with van der Waals surface area (Å²) in [7, 11) is -3.72. The normalized spacial score (nSPS) is 18.1. The molecule has 1 aliphatic rings. The van der Waals surface area contributed by atoms with Gasteiger partial charge in [0.15, 0.2) is 0 Å². The lowest BCUT2D eigenvalue weighted by Crippen LogP contribution is -2.51. The number of sulfonamides is 1. The van der Waals surface area contributed by atoms with Gasteiger partial charge in [0, 0.05) is 24.2 Å². The van der Waals surface area contributed by atoms with Gasteiger partial charge in [0.2, 0.25) is 10.0 Å². The zero-order valence-corrected chi connectivity index (χ0v) is 13.4. The van der Waals surface area contributed by atoms with E-state index in [4.69, 9.17) is 5.73 Å². The molecule has 1 aliphatic carbocycles. The molecule has 2 rings (SSSR count). The summed E-state index contributed by atoms with van der Waals surface area (Å²) in [5.74, 6) is 0. The average Bonchev–Trinajstić information content (AvgIpc) is 2.46. The molecule has 1 saturated carbocycles. The van der Waals surface area contributed by atoms with Gasteiger partial charge in [-0.3, -0.25) is 10.1 Å². The van der Waals surface area contributed by atoms with Crippen molar-refractivity contribution in [1.29, 1.82) is 0 Å². The monoisotopic (exact) mass is 327 g/mol. The zero-order valence-electron chi connectivity index (χ0n) is 12.5. The van der Waals surface area contributed by atoms with Gasteiger partial charge < -0.3 is 5.73 Å². The van der Waals surface area contributed by atoms with Crippen molar-refractivity contribution in [1.82, 2.24) is 4.72 Å². The summed E-state index contributed by atoms with van der Waals surface area (Å²) < 4.78 is 27.3. The molecule has 0 heterocycles. The minimum Gasteiger partial charge on any atom is -0.324 e. The Morgan fingerprint density at radius 1 is 1.32 bits per heavy atom. The first-order valence-corrected chi connectivity index (χ1v) is 8.75. The lowest BCUT2D eigenvalue weighted by atomic mass is 9.83. The van der Waals surface area contributed by atoms with Gasteiger partial charge in [-0.15, -0.1) is 0 Å². The van der Waals surface area contributed by atoms with Gasteiger partial charge in [-0.25, -0.2) is 13.1 Å². The van der Waals surface area contributed by atoms with Gasteiger partial charge in [-0.05, 0) is 31.4 Å². The summed E-state index contributed by atoms with van der Waals surface area (Å²) in [6.45, 7) is 1.73. The molecule has 0 bridgehead atoms. The van der Waals surface area contributed by atoms with Crippen molar-refractivity contribution in [2.24, 2.45) is 5.73 Å². The number of non-ortho nitro benzene ring substituents is 1. The van der Waals surface area contributed by atoms with Crippen LogP contribution in [0.25, 0.3) is 0 Å². The minimum absolute atomic E-state index is 0.0532. The van der Waals surface area contributed by atoms with Crippen molar-refractivity contribution < 1.29 is 13.3 Å². The van der Waals surface area contributed by atoms with Crippen molar-refractivity contribution in [2.75, 3.05) is 6.54 Å². The van der Waals surface area contributed by atoms with Gasteiger partial charge in [-0.1, -0.05) is 19.3 Å². The van der Waals surface area contributed by atoms with Crippen LogP contribution in [0.3, 0.4) is 0 Å². The van der Waals surface area contributed by atoms with Gasteiger partial charge >= 0.3 is 0 Å². The van der Waals surface area contributed by atoms with Crippen LogP contribution in [0.4, 0.5) is 5.69 Å². The number of aryl methyl sites for hydroxylation is 1. The molecule has 3 N–H and O–H groups in total. The third-order valence-electron chi connectivity index (χ3n) is 4.12. The fourth-order valence-corrected chi connectivity index (χ4v) is 4.16. The number of nitrogens with zero attached hydrogens (tertiary/aromatic N) is 1. The van der Waals surface area contributed by atoms with Crippen molar-refractivity contribution in [3.63, 3.8) is 0 Å². The van der Waals surface area contributed by atoms with Crippen LogP contribution in [-0.2, 0) is 10.0 Å². The molecule has 7 nitrogen and oxygen atoms in total. The smallest absolute Gasteiger partial charge is 0.269 e. The molecule has 0 spiro atoms. The minimum atomic E-state index is -3.72. The van der Waals surface area contributed by atoms with E-state index in [0.717, 1.165) is 32.1 Å². The van der Waals surface area contributed by atoms with Crippen molar-refractivity contribution in [3.8, 4) is 0 Å². The Hall–Kier alpha value is -1.51. The molecule has 0 saturated heterocycles. The molecule has 0 radical (unpaired) electrons. The van der Waals surface area contributed by atoms with E-state index in [9.17, 15) is 18.5 Å². The summed E-state index contributed by atoms with van der Waals surface area (Å²) in [4.78, 5) is 10.2. The second-order valence-electron chi connectivity index (χ2n) is 5.95. The highest BCUT2D eigenvalue weighted by Crippen LogP contribution is 2.26. The quantitative estimate of drug-likeness (QED) is 0.632. The molecule has 1 fully saturated rings. The second kappa shape index (κ2) is 6.31. The van der Waals surface area contributed by atoms with Crippen LogP contribution in [0.2, 0.25) is 0 Å². The summed E-state index contributed by atoms with van der Waals surface area (Å²) in [5.41, 5.74) is 5.95. The SMILES string of the molecule is Cc1cc([N+](=O)[O-])ccc1S(=O)(=O)NCC1(N)CCCCC1. The highest BCUT2D eigenvalue weighted by Gasteiger charge is 2.30. The molecule has 1 aromatic carbocycles. The number of hydrogen-bond acceptors (Lipinski definition) is 5. The van der Waals surface area contributed by atoms with Crippen LogP contribution in [0, 0.1) is 17.0 Å². The molecule has 0 aliphatic heterocycles. The first kappa shape index (κ1) is 16.9. The first-order chi connectivity index (χ1) is 10.2. The van der Waals surface area contributed by atoms with Gasteiger partial charge in [0.25, 0.3) is 5.69 Å². The summed E-state index contributed by atoms with van der Waals surface area (Å²) in [6, 6.07) is 3.72. The summed E-state index contributed by atoms with van der Waals surface area (Å²) in [5, 5.41) is 10.7. The van der Waals surface area contributed by atoms with E-state index in [1.165, 1.54) is 18.2 Å². The number of hydrogen-bond donors (Lipinski definition) is 2. The molecular formula is C14H21N3O4S. The molecular weight excluding hydrogens is 306 g/mol. The lowest BCUT2D eigenvalue weighted by Gasteiger charge is -2.33. The highest BCUT2D eigenvalue weighted by molar-refractivity contribution is 7.89. The predicted molar refractivity (Wildman–Crippen MR) is 83.0 cm³/mol. The first-order valence-electron chi connectivity index (χ1n) is 7.27. The van der Waals surface area contributed by atoms with Crippen molar-refractivity contribution in [2.45, 2.75) is 49.5 Å². The van der Waals surface area contributed by atoms with E-state index in [2.05, 4.69) is 4.72 Å². The fraction of sp³-hybridized carbons (Fsp3) is 0.571. The fourth-order valence-electron chi connectivity index (χ4n) is 2.80. The number of nitro groups is 1. The van der Waals surface area contributed by atoms with E-state index in [0.29, 0.717) is 5.56 Å². The maximum atomic E-state index is 12.4. The largest absolute Gasteiger partial charge is 0.324 e. The Bertz CT molecular complexity index is 667. The van der Waals surface area contributed by atoms with E-state index in [1.54, 1.807) is 6.92 Å². The van der Waals surface area contributed by atoms with Crippen LogP contribution in [0.1, 0.15) is 37.7 Å². The van der Waals surface area contributed by atoms with E-state index < -0.39 is 20.5 Å². The Morgan fingerprint density at radius 2 is 1.95 bits per heavy atom. The Kier molecular flexibility index (Phi) is 4.84. The third-order valence-corrected chi connectivity index (χ3v) is 5.68. The number of nitro benzene ring substituents is 1. The van der Waals surface area contributed by atoms with Gasteiger partial charge in [-0.2, -0.15) is 0 Å². The zero-order chi connectivity index (χ0) is 16.4. The number of rotatable bonds is 5. The van der Waals surface area contributed by atoms with Crippen LogP contribution in [0.15, 0.2) is 23.1 Å². The molecule has 0 unspecified atom stereocenters. The Morgan fingerprint density at radius 3 is 2.50 bits per heavy atom. The lowest BCUT2D eigenvalue weighted by molar-refractivity contribution is -0.385. The molecule has 0 atom stereocenters. The predicted octanol–water partition coefficient (Wildman–Crippen LogP) is 1.84. The number of benzene rings is 1. The maximum Gasteiger partial charge on any atom is 0.269 e. The van der Waals surface area contributed by atoms with Gasteiger partial charge in [0.1, 0.15) is 0 Å². The van der Waals surface area contributed by atoms with Crippen LogP contribution in [-0.4, -0.2) is 25.4 Å². The maximum absolute atomic E-state index is 12.4. The van der Waals surface area contributed by atoms with Crippen LogP contribution in [0.5, 0.6) is 0 Å². The molecule has 0 aromatic heterocycles. The number of nitrogens with one attached hydrogen (secondary N) is 1. The summed E-state index contributed by atoms with van der Waals surface area (Å²) >= 11 is 0. The molecule has 22 heavy (non-hydrogen) atoms. The van der Waals surface area contributed by atoms with E-state index in [1.807, 2.05) is 0 Å². The Labute approximate surface area is 130 Å². The van der Waals surface area contributed by atoms with Gasteiger partial charge in [0.05, 0.1) is 9.82 Å². The molecule has 8 heteroatoms. The topological polar surface area (TPSA) is 115 Å². The summed E-state index contributed by atoms with van der Waals surface area (Å²) in [6.07, 6.45) is 4.75. The number of nitrogens with two attached hydrogens (primary N) is 1. The molecule has 1 aromatic rings. The van der Waals surface area contributed by atoms with Crippen molar-refractivity contribution >= 4 is 15.7 Å². The second-order valence-corrected chi connectivity index (χ2v) is 7.69. The standard InChI is InChI=1S/C14H21N3O4S/c1-11-9-12(17(18)19)5-6-13(11)22(20,21)16-10-14(15)7-3-2-4-8-14/h5-6,9,16H,2-4,7-8,10,15H2,1H3. The van der Waals surface area contributed by atoms with Crippen molar-refractivity contribution in [3.05, 3.63) is 33.9 Å². The molecule has 0 amide bonds. The average molecular weight is 327 g/mol. The van der Waals surface area contributed by atoms with Crippen LogP contribution < -0.4 is 10.5 Å². The third kappa shape index (κ3) is 3.82. The van der Waals surface area contributed by atoms with E-state index in [-0.39, 0.29) is 17.1 Å². The van der Waals surface area contributed by atoms with Crippen LogP contribution >= 0.6 is 0 Å². The van der Waals surface area contributed by atoms with E-state index >= 15 is 0 Å². The highest BCUT2D eigenvalue weighted by atomic mass is 32.2. The Balaban J connectivity index is 2.15.